The number of nitrogens with one attached hydrogen (secondary N) is 1. The van der Waals surface area contributed by atoms with Crippen LogP contribution < -0.4 is 5.32 Å². The van der Waals surface area contributed by atoms with E-state index in [1.165, 1.54) is 0 Å². The summed E-state index contributed by atoms with van der Waals surface area (Å²) in [6.07, 6.45) is 2.67. The second-order valence-corrected chi connectivity index (χ2v) is 6.60. The summed E-state index contributed by atoms with van der Waals surface area (Å²) in [5.41, 5.74) is 0.816. The van der Waals surface area contributed by atoms with Crippen LogP contribution in [0, 0.1) is 0 Å². The summed E-state index contributed by atoms with van der Waals surface area (Å²) >= 11 is 0. The van der Waals surface area contributed by atoms with Crippen LogP contribution in [0.5, 0.6) is 0 Å². The van der Waals surface area contributed by atoms with E-state index in [-0.39, 0.29) is 17.9 Å². The number of amides is 2. The molecule has 0 unspecified atom stereocenters. The monoisotopic (exact) mass is 346 g/mol. The lowest BCUT2D eigenvalue weighted by atomic mass is 10.0. The lowest BCUT2D eigenvalue weighted by Gasteiger charge is -2.37. The highest BCUT2D eigenvalue weighted by atomic mass is 16.5. The number of carbonyl (C=O) groups is 2. The zero-order valence-corrected chi connectivity index (χ0v) is 14.6. The predicted molar refractivity (Wildman–Crippen MR) is 92.9 cm³/mol. The second kappa shape index (κ2) is 8.45. The van der Waals surface area contributed by atoms with Crippen LogP contribution in [0.2, 0.25) is 0 Å². The van der Waals surface area contributed by atoms with Crippen LogP contribution in [0.1, 0.15) is 37.8 Å². The van der Waals surface area contributed by atoms with Crippen molar-refractivity contribution >= 4 is 11.8 Å². The van der Waals surface area contributed by atoms with Gasteiger partial charge in [-0.3, -0.25) is 9.59 Å². The minimum atomic E-state index is -0.598. The third-order valence-electron chi connectivity index (χ3n) is 4.76. The van der Waals surface area contributed by atoms with E-state index < -0.39 is 12.1 Å². The van der Waals surface area contributed by atoms with Crippen LogP contribution in [0.25, 0.3) is 0 Å². The molecule has 6 heteroatoms. The molecule has 1 aromatic carbocycles. The Balaban J connectivity index is 1.64. The van der Waals surface area contributed by atoms with Crippen LogP contribution in [0.4, 0.5) is 0 Å². The SMILES string of the molecule is C[C@H](OC[C@H]1CCCCO1)C(=O)N1CCNC(=O)[C@@H]1c1ccccc1. The maximum absolute atomic E-state index is 12.9. The average molecular weight is 346 g/mol. The van der Waals surface area contributed by atoms with Gasteiger partial charge in [0.15, 0.2) is 0 Å². The molecule has 1 aromatic rings. The van der Waals surface area contributed by atoms with Gasteiger partial charge >= 0.3 is 0 Å². The van der Waals surface area contributed by atoms with Crippen molar-refractivity contribution in [2.24, 2.45) is 0 Å². The molecule has 2 fully saturated rings. The largest absolute Gasteiger partial charge is 0.376 e. The molecular weight excluding hydrogens is 320 g/mol. The maximum atomic E-state index is 12.9. The summed E-state index contributed by atoms with van der Waals surface area (Å²) < 4.78 is 11.4. The molecule has 0 saturated carbocycles. The van der Waals surface area contributed by atoms with Crippen molar-refractivity contribution in [2.45, 2.75) is 44.4 Å². The molecule has 136 valence electrons. The Kier molecular flexibility index (Phi) is 6.04. The molecule has 0 spiro atoms. The van der Waals surface area contributed by atoms with Crippen molar-refractivity contribution in [3.8, 4) is 0 Å². The topological polar surface area (TPSA) is 67.9 Å². The Morgan fingerprint density at radius 3 is 2.88 bits per heavy atom. The smallest absolute Gasteiger partial charge is 0.252 e. The van der Waals surface area contributed by atoms with Gasteiger partial charge in [0.25, 0.3) is 5.91 Å². The van der Waals surface area contributed by atoms with Crippen molar-refractivity contribution in [2.75, 3.05) is 26.3 Å². The molecule has 1 N–H and O–H groups in total. The average Bonchev–Trinajstić information content (AvgIpc) is 2.67. The Morgan fingerprint density at radius 1 is 1.36 bits per heavy atom. The number of ether oxygens (including phenoxy) is 2. The molecule has 2 amide bonds. The van der Waals surface area contributed by atoms with Crippen molar-refractivity contribution < 1.29 is 19.1 Å². The van der Waals surface area contributed by atoms with Crippen LogP contribution in [-0.4, -0.2) is 55.2 Å². The molecule has 2 heterocycles. The Hall–Kier alpha value is -1.92. The normalized spacial score (nSPS) is 25.3. The summed E-state index contributed by atoms with van der Waals surface area (Å²) in [6, 6.07) is 8.79. The van der Waals surface area contributed by atoms with E-state index in [0.29, 0.717) is 19.7 Å². The van der Waals surface area contributed by atoms with Gasteiger partial charge < -0.3 is 19.7 Å². The van der Waals surface area contributed by atoms with Gasteiger partial charge in [-0.25, -0.2) is 0 Å². The number of hydrogen-bond donors (Lipinski definition) is 1. The second-order valence-electron chi connectivity index (χ2n) is 6.60. The van der Waals surface area contributed by atoms with E-state index in [9.17, 15) is 9.59 Å². The molecule has 2 saturated heterocycles. The summed E-state index contributed by atoms with van der Waals surface area (Å²) in [5, 5.41) is 2.84. The Morgan fingerprint density at radius 2 is 2.16 bits per heavy atom. The van der Waals surface area contributed by atoms with Crippen LogP contribution in [0.15, 0.2) is 30.3 Å². The predicted octanol–water partition coefficient (Wildman–Crippen LogP) is 1.66. The van der Waals surface area contributed by atoms with Crippen molar-refractivity contribution in [3.63, 3.8) is 0 Å². The molecule has 2 aliphatic rings. The first-order chi connectivity index (χ1) is 12.2. The Labute approximate surface area is 148 Å². The fourth-order valence-corrected chi connectivity index (χ4v) is 3.37. The number of piperazine rings is 1. The van der Waals surface area contributed by atoms with Crippen LogP contribution in [0.3, 0.4) is 0 Å². The van der Waals surface area contributed by atoms with Gasteiger partial charge in [0.1, 0.15) is 12.1 Å². The zero-order valence-electron chi connectivity index (χ0n) is 14.6. The highest BCUT2D eigenvalue weighted by Crippen LogP contribution is 2.24. The van der Waals surface area contributed by atoms with Gasteiger partial charge in [-0.15, -0.1) is 0 Å². The minimum absolute atomic E-state index is 0.0681. The van der Waals surface area contributed by atoms with Crippen molar-refractivity contribution in [1.82, 2.24) is 10.2 Å². The summed E-state index contributed by atoms with van der Waals surface area (Å²) in [5.74, 6) is -0.298. The van der Waals surface area contributed by atoms with E-state index in [0.717, 1.165) is 31.4 Å². The molecule has 0 radical (unpaired) electrons. The number of nitrogens with zero attached hydrogens (tertiary/aromatic N) is 1. The highest BCUT2D eigenvalue weighted by molar-refractivity contribution is 5.91. The number of hydrogen-bond acceptors (Lipinski definition) is 4. The lowest BCUT2D eigenvalue weighted by Crippen LogP contribution is -2.54. The van der Waals surface area contributed by atoms with Gasteiger partial charge in [-0.05, 0) is 31.7 Å². The molecule has 6 nitrogen and oxygen atoms in total. The molecule has 0 aromatic heterocycles. The summed E-state index contributed by atoms with van der Waals surface area (Å²) in [7, 11) is 0. The molecule has 0 aliphatic carbocycles. The quantitative estimate of drug-likeness (QED) is 0.880. The van der Waals surface area contributed by atoms with E-state index in [1.54, 1.807) is 11.8 Å². The van der Waals surface area contributed by atoms with Crippen molar-refractivity contribution in [1.29, 1.82) is 0 Å². The third kappa shape index (κ3) is 4.38. The minimum Gasteiger partial charge on any atom is -0.376 e. The number of carbonyl (C=O) groups excluding carboxylic acids is 2. The summed E-state index contributed by atoms with van der Waals surface area (Å²) in [4.78, 5) is 26.9. The van der Waals surface area contributed by atoms with E-state index >= 15 is 0 Å². The molecule has 3 rings (SSSR count). The van der Waals surface area contributed by atoms with Gasteiger partial charge in [0.05, 0.1) is 12.7 Å². The lowest BCUT2D eigenvalue weighted by molar-refractivity contribution is -0.154. The summed E-state index contributed by atoms with van der Waals surface area (Å²) in [6.45, 7) is 3.88. The van der Waals surface area contributed by atoms with Crippen molar-refractivity contribution in [3.05, 3.63) is 35.9 Å². The van der Waals surface area contributed by atoms with Crippen LogP contribution >= 0.6 is 0 Å². The highest BCUT2D eigenvalue weighted by Gasteiger charge is 2.36. The maximum Gasteiger partial charge on any atom is 0.252 e. The van der Waals surface area contributed by atoms with Gasteiger partial charge in [0, 0.05) is 19.7 Å². The van der Waals surface area contributed by atoms with Gasteiger partial charge in [-0.2, -0.15) is 0 Å². The van der Waals surface area contributed by atoms with Gasteiger partial charge in [0.2, 0.25) is 5.91 Å². The number of benzene rings is 1. The van der Waals surface area contributed by atoms with E-state index in [1.807, 2.05) is 30.3 Å². The Bertz CT molecular complexity index is 586. The van der Waals surface area contributed by atoms with E-state index in [4.69, 9.17) is 9.47 Å². The fraction of sp³-hybridized carbons (Fsp3) is 0.579. The first-order valence-corrected chi connectivity index (χ1v) is 9.03. The third-order valence-corrected chi connectivity index (χ3v) is 4.76. The first-order valence-electron chi connectivity index (χ1n) is 9.03. The van der Waals surface area contributed by atoms with Crippen LogP contribution in [-0.2, 0) is 19.1 Å². The van der Waals surface area contributed by atoms with E-state index in [2.05, 4.69) is 5.32 Å². The van der Waals surface area contributed by atoms with Gasteiger partial charge in [-0.1, -0.05) is 30.3 Å². The molecular formula is C19H26N2O4. The number of rotatable bonds is 5. The first kappa shape index (κ1) is 17.9. The fourth-order valence-electron chi connectivity index (χ4n) is 3.37. The molecule has 25 heavy (non-hydrogen) atoms. The molecule has 3 atom stereocenters. The zero-order chi connectivity index (χ0) is 17.6. The standard InChI is InChI=1S/C19H26N2O4/c1-14(25-13-16-9-5-6-12-24-16)19(23)21-11-10-20-18(22)17(21)15-7-3-2-4-8-15/h2-4,7-8,14,16-17H,5-6,9-13H2,1H3,(H,20,22)/t14-,16+,17-/m0/s1. The molecule has 2 aliphatic heterocycles. The molecule has 0 bridgehead atoms.